The Morgan fingerprint density at radius 1 is 1.03 bits per heavy atom. The standard InChI is InChI=1S/C25H21ClFN5O3S/c1-35-17-12-10-16(11-13-17)24(34)28-14-22-30-31-25(32(22)21-9-5-2-6-18(21)26)36-15-23(33)29-20-8-4-3-7-19(20)27/h2-13H,14-15H2,1H3,(H,28,34)(H,29,33). The summed E-state index contributed by atoms with van der Waals surface area (Å²) in [7, 11) is 1.55. The number of carbonyl (C=O) groups is 2. The number of hydrogen-bond acceptors (Lipinski definition) is 6. The van der Waals surface area contributed by atoms with Crippen molar-refractivity contribution in [2.24, 2.45) is 0 Å². The van der Waals surface area contributed by atoms with Gasteiger partial charge >= 0.3 is 0 Å². The van der Waals surface area contributed by atoms with Crippen molar-refractivity contribution in [3.8, 4) is 11.4 Å². The molecule has 0 bridgehead atoms. The summed E-state index contributed by atoms with van der Waals surface area (Å²) in [5, 5.41) is 14.6. The molecule has 184 valence electrons. The fourth-order valence-electron chi connectivity index (χ4n) is 3.27. The van der Waals surface area contributed by atoms with Crippen LogP contribution in [0.25, 0.3) is 5.69 Å². The van der Waals surface area contributed by atoms with E-state index in [9.17, 15) is 14.0 Å². The Balaban J connectivity index is 1.51. The van der Waals surface area contributed by atoms with Crippen molar-refractivity contribution in [3.63, 3.8) is 0 Å². The molecule has 0 spiro atoms. The number of halogens is 2. The first-order valence-electron chi connectivity index (χ1n) is 10.7. The molecule has 8 nitrogen and oxygen atoms in total. The number of hydrogen-bond donors (Lipinski definition) is 2. The van der Waals surface area contributed by atoms with Crippen molar-refractivity contribution in [2.45, 2.75) is 11.7 Å². The summed E-state index contributed by atoms with van der Waals surface area (Å²) in [5.41, 5.74) is 1.14. The fraction of sp³-hybridized carbons (Fsp3) is 0.120. The lowest BCUT2D eigenvalue weighted by molar-refractivity contribution is -0.113. The van der Waals surface area contributed by atoms with E-state index >= 15 is 0 Å². The van der Waals surface area contributed by atoms with Crippen molar-refractivity contribution in [1.82, 2.24) is 20.1 Å². The molecular weight excluding hydrogens is 505 g/mol. The Labute approximate surface area is 215 Å². The molecule has 1 heterocycles. The van der Waals surface area contributed by atoms with E-state index in [1.165, 1.54) is 12.1 Å². The molecule has 2 N–H and O–H groups in total. The normalized spacial score (nSPS) is 10.6. The minimum Gasteiger partial charge on any atom is -0.497 e. The molecule has 0 radical (unpaired) electrons. The summed E-state index contributed by atoms with van der Waals surface area (Å²) < 4.78 is 20.7. The van der Waals surface area contributed by atoms with E-state index in [1.807, 2.05) is 0 Å². The quantitative estimate of drug-likeness (QED) is 0.307. The molecule has 11 heteroatoms. The van der Waals surface area contributed by atoms with Crippen LogP contribution in [0, 0.1) is 5.82 Å². The Bertz CT molecular complexity index is 1380. The van der Waals surface area contributed by atoms with Crippen LogP contribution in [-0.4, -0.2) is 39.4 Å². The summed E-state index contributed by atoms with van der Waals surface area (Å²) >= 11 is 7.54. The summed E-state index contributed by atoms with van der Waals surface area (Å²) in [4.78, 5) is 25.1. The van der Waals surface area contributed by atoms with Gasteiger partial charge in [-0.2, -0.15) is 0 Å². The molecule has 0 aliphatic carbocycles. The maximum atomic E-state index is 13.9. The van der Waals surface area contributed by atoms with Gasteiger partial charge < -0.3 is 15.4 Å². The lowest BCUT2D eigenvalue weighted by atomic mass is 10.2. The third kappa shape index (κ3) is 6.02. The SMILES string of the molecule is COc1ccc(C(=O)NCc2nnc(SCC(=O)Nc3ccccc3F)n2-c2ccccc2Cl)cc1. The van der Waals surface area contributed by atoms with Gasteiger partial charge in [-0.25, -0.2) is 4.39 Å². The highest BCUT2D eigenvalue weighted by atomic mass is 35.5. The maximum absolute atomic E-state index is 13.9. The highest BCUT2D eigenvalue weighted by molar-refractivity contribution is 7.99. The zero-order valence-electron chi connectivity index (χ0n) is 19.1. The number of ether oxygens (including phenoxy) is 1. The largest absolute Gasteiger partial charge is 0.497 e. The van der Waals surface area contributed by atoms with Gasteiger partial charge in [0.15, 0.2) is 11.0 Å². The predicted octanol–water partition coefficient (Wildman–Crippen LogP) is 4.73. The monoisotopic (exact) mass is 525 g/mol. The topological polar surface area (TPSA) is 98.1 Å². The van der Waals surface area contributed by atoms with Gasteiger partial charge in [0.2, 0.25) is 5.91 Å². The summed E-state index contributed by atoms with van der Waals surface area (Å²) in [5.74, 6) is -0.217. The molecule has 3 aromatic carbocycles. The van der Waals surface area contributed by atoms with Crippen molar-refractivity contribution >= 4 is 40.9 Å². The molecule has 0 aliphatic rings. The molecule has 36 heavy (non-hydrogen) atoms. The van der Waals surface area contributed by atoms with Crippen molar-refractivity contribution in [3.05, 3.63) is 95.0 Å². The lowest BCUT2D eigenvalue weighted by Crippen LogP contribution is -2.24. The first-order chi connectivity index (χ1) is 17.5. The van der Waals surface area contributed by atoms with E-state index in [0.717, 1.165) is 11.8 Å². The van der Waals surface area contributed by atoms with Crippen LogP contribution in [0.5, 0.6) is 5.75 Å². The van der Waals surface area contributed by atoms with E-state index in [4.69, 9.17) is 16.3 Å². The second-order valence-corrected chi connectivity index (χ2v) is 8.76. The van der Waals surface area contributed by atoms with Crippen LogP contribution in [-0.2, 0) is 11.3 Å². The minimum absolute atomic E-state index is 0.0465. The van der Waals surface area contributed by atoms with Crippen molar-refractivity contribution in [1.29, 1.82) is 0 Å². The third-order valence-corrected chi connectivity index (χ3v) is 6.28. The molecule has 0 saturated carbocycles. The number of nitrogens with zero attached hydrogens (tertiary/aromatic N) is 3. The van der Waals surface area contributed by atoms with Gasteiger partial charge in [-0.3, -0.25) is 14.2 Å². The van der Waals surface area contributed by atoms with Crippen LogP contribution in [0.2, 0.25) is 5.02 Å². The van der Waals surface area contributed by atoms with Gasteiger partial charge in [-0.05, 0) is 48.5 Å². The first kappa shape index (κ1) is 25.2. The predicted molar refractivity (Wildman–Crippen MR) is 136 cm³/mol. The van der Waals surface area contributed by atoms with Crippen LogP contribution in [0.1, 0.15) is 16.2 Å². The number of aromatic nitrogens is 3. The second-order valence-electron chi connectivity index (χ2n) is 7.41. The van der Waals surface area contributed by atoms with Gasteiger partial charge in [0.05, 0.1) is 35.8 Å². The van der Waals surface area contributed by atoms with E-state index in [2.05, 4.69) is 20.8 Å². The number of amides is 2. The van der Waals surface area contributed by atoms with Crippen LogP contribution in [0.4, 0.5) is 10.1 Å². The molecule has 1 aromatic heterocycles. The average molecular weight is 526 g/mol. The van der Waals surface area contributed by atoms with E-state index in [0.29, 0.717) is 33.0 Å². The smallest absolute Gasteiger partial charge is 0.251 e. The van der Waals surface area contributed by atoms with Gasteiger partial charge in [0.25, 0.3) is 5.91 Å². The Morgan fingerprint density at radius 3 is 2.47 bits per heavy atom. The number of benzene rings is 3. The van der Waals surface area contributed by atoms with Crippen molar-refractivity contribution in [2.75, 3.05) is 18.2 Å². The maximum Gasteiger partial charge on any atom is 0.251 e. The number of anilines is 1. The van der Waals surface area contributed by atoms with E-state index in [-0.39, 0.29) is 23.9 Å². The summed E-state index contributed by atoms with van der Waals surface area (Å²) in [6, 6.07) is 19.7. The molecule has 0 fully saturated rings. The van der Waals surface area contributed by atoms with Crippen LogP contribution in [0.3, 0.4) is 0 Å². The molecule has 0 saturated heterocycles. The highest BCUT2D eigenvalue weighted by Crippen LogP contribution is 2.27. The molecule has 4 aromatic rings. The minimum atomic E-state index is -0.523. The molecule has 4 rings (SSSR count). The van der Waals surface area contributed by atoms with Gasteiger partial charge in [0, 0.05) is 5.56 Å². The van der Waals surface area contributed by atoms with Crippen LogP contribution in [0.15, 0.2) is 78.0 Å². The van der Waals surface area contributed by atoms with Crippen LogP contribution < -0.4 is 15.4 Å². The number of methoxy groups -OCH3 is 1. The molecule has 0 unspecified atom stereocenters. The lowest BCUT2D eigenvalue weighted by Gasteiger charge is -2.12. The Morgan fingerprint density at radius 2 is 1.75 bits per heavy atom. The first-order valence-corrected chi connectivity index (χ1v) is 12.1. The zero-order chi connectivity index (χ0) is 25.5. The third-order valence-electron chi connectivity index (χ3n) is 5.03. The number of nitrogens with one attached hydrogen (secondary N) is 2. The Kier molecular flexibility index (Phi) is 8.19. The zero-order valence-corrected chi connectivity index (χ0v) is 20.6. The highest BCUT2D eigenvalue weighted by Gasteiger charge is 2.19. The van der Waals surface area contributed by atoms with Gasteiger partial charge in [0.1, 0.15) is 11.6 Å². The van der Waals surface area contributed by atoms with Gasteiger partial charge in [-0.15, -0.1) is 10.2 Å². The molecule has 2 amide bonds. The number of para-hydroxylation sites is 2. The second kappa shape index (κ2) is 11.7. The van der Waals surface area contributed by atoms with Crippen LogP contribution >= 0.6 is 23.4 Å². The fourth-order valence-corrected chi connectivity index (χ4v) is 4.25. The van der Waals surface area contributed by atoms with Crippen molar-refractivity contribution < 1.29 is 18.7 Å². The summed E-state index contributed by atoms with van der Waals surface area (Å²) in [6.45, 7) is 0.0606. The molecular formula is C25H21ClFN5O3S. The average Bonchev–Trinajstić information content (AvgIpc) is 3.30. The van der Waals surface area contributed by atoms with E-state index in [1.54, 1.807) is 72.3 Å². The number of carbonyl (C=O) groups excluding carboxylic acids is 2. The van der Waals surface area contributed by atoms with Gasteiger partial charge in [-0.1, -0.05) is 47.6 Å². The Hall–Kier alpha value is -3.89. The van der Waals surface area contributed by atoms with E-state index < -0.39 is 11.7 Å². The number of rotatable bonds is 9. The number of thioether (sulfide) groups is 1. The summed E-state index contributed by atoms with van der Waals surface area (Å²) in [6.07, 6.45) is 0. The molecule has 0 aliphatic heterocycles. The molecule has 0 atom stereocenters.